The Bertz CT molecular complexity index is 799. The van der Waals surface area contributed by atoms with Gasteiger partial charge in [0.25, 0.3) is 0 Å². The van der Waals surface area contributed by atoms with Crippen LogP contribution in [0.1, 0.15) is 30.3 Å². The Morgan fingerprint density at radius 2 is 2.00 bits per heavy atom. The zero-order valence-electron chi connectivity index (χ0n) is 14.0. The second kappa shape index (κ2) is 6.66. The van der Waals surface area contributed by atoms with Gasteiger partial charge in [-0.3, -0.25) is 0 Å². The normalized spacial score (nSPS) is 20.9. The third-order valence-corrected chi connectivity index (χ3v) is 6.53. The monoisotopic (exact) mass is 349 g/mol. The number of piperidine rings is 1. The van der Waals surface area contributed by atoms with Gasteiger partial charge in [-0.25, -0.2) is 13.4 Å². The molecule has 24 heavy (non-hydrogen) atoms. The highest BCUT2D eigenvalue weighted by Gasteiger charge is 2.34. The Morgan fingerprint density at radius 1 is 1.29 bits per heavy atom. The van der Waals surface area contributed by atoms with Crippen LogP contribution in [0.25, 0.3) is 0 Å². The van der Waals surface area contributed by atoms with Crippen LogP contribution in [0, 0.1) is 12.8 Å². The summed E-state index contributed by atoms with van der Waals surface area (Å²) in [4.78, 5) is 4.50. The maximum absolute atomic E-state index is 12.8. The molecule has 2 atom stereocenters. The van der Waals surface area contributed by atoms with Crippen molar-refractivity contribution in [2.75, 3.05) is 13.1 Å². The molecule has 1 saturated heterocycles. The fourth-order valence-electron chi connectivity index (χ4n) is 3.18. The van der Waals surface area contributed by atoms with E-state index >= 15 is 0 Å². The number of aryl methyl sites for hydroxylation is 2. The number of imidazole rings is 1. The van der Waals surface area contributed by atoms with E-state index in [1.54, 1.807) is 41.2 Å². The molecule has 2 aromatic rings. The Labute approximate surface area is 142 Å². The van der Waals surface area contributed by atoms with E-state index in [2.05, 4.69) is 4.98 Å². The highest BCUT2D eigenvalue weighted by Crippen LogP contribution is 2.31. The molecule has 1 N–H and O–H groups in total. The molecule has 0 radical (unpaired) electrons. The van der Waals surface area contributed by atoms with Crippen molar-refractivity contribution in [1.29, 1.82) is 0 Å². The van der Waals surface area contributed by atoms with E-state index < -0.39 is 16.1 Å². The molecule has 130 valence electrons. The second-order valence-corrected chi connectivity index (χ2v) is 8.36. The van der Waals surface area contributed by atoms with Crippen LogP contribution in [-0.2, 0) is 17.1 Å². The van der Waals surface area contributed by atoms with Gasteiger partial charge in [0.2, 0.25) is 10.0 Å². The summed E-state index contributed by atoms with van der Waals surface area (Å²) in [5.74, 6) is 0.426. The number of nitrogens with zero attached hydrogens (tertiary/aromatic N) is 3. The summed E-state index contributed by atoms with van der Waals surface area (Å²) in [5, 5.41) is 10.6. The van der Waals surface area contributed by atoms with Gasteiger partial charge in [0.05, 0.1) is 4.90 Å². The van der Waals surface area contributed by atoms with Crippen molar-refractivity contribution >= 4 is 10.0 Å². The van der Waals surface area contributed by atoms with Crippen LogP contribution in [0.15, 0.2) is 41.6 Å². The maximum atomic E-state index is 12.8. The molecule has 0 amide bonds. The predicted octanol–water partition coefficient (Wildman–Crippen LogP) is 1.86. The van der Waals surface area contributed by atoms with Gasteiger partial charge in [-0.05, 0) is 31.9 Å². The number of aromatic nitrogens is 2. The zero-order chi connectivity index (χ0) is 17.3. The minimum atomic E-state index is -3.53. The van der Waals surface area contributed by atoms with Gasteiger partial charge in [-0.15, -0.1) is 0 Å². The third-order valence-electron chi connectivity index (χ3n) is 4.65. The maximum Gasteiger partial charge on any atom is 0.243 e. The summed E-state index contributed by atoms with van der Waals surface area (Å²) in [7, 11) is -1.70. The van der Waals surface area contributed by atoms with E-state index in [1.165, 1.54) is 4.31 Å². The molecule has 1 aliphatic heterocycles. The van der Waals surface area contributed by atoms with Crippen LogP contribution >= 0.6 is 0 Å². The molecule has 0 aliphatic carbocycles. The third kappa shape index (κ3) is 3.24. The van der Waals surface area contributed by atoms with Gasteiger partial charge in [0.1, 0.15) is 11.9 Å². The number of hydrogen-bond acceptors (Lipinski definition) is 4. The minimum absolute atomic E-state index is 0.153. The number of rotatable bonds is 4. The lowest BCUT2D eigenvalue weighted by molar-refractivity contribution is 0.0645. The number of hydrogen-bond donors (Lipinski definition) is 1. The molecular weight excluding hydrogens is 326 g/mol. The molecule has 6 nitrogen and oxygen atoms in total. The number of aliphatic hydroxyl groups is 1. The second-order valence-electron chi connectivity index (χ2n) is 6.42. The number of benzene rings is 1. The summed E-state index contributed by atoms with van der Waals surface area (Å²) in [6, 6.07) is 6.89. The fraction of sp³-hybridized carbons (Fsp3) is 0.471. The molecule has 1 aliphatic rings. The lowest BCUT2D eigenvalue weighted by atomic mass is 9.93. The lowest BCUT2D eigenvalue weighted by Gasteiger charge is -2.34. The predicted molar refractivity (Wildman–Crippen MR) is 90.8 cm³/mol. The molecule has 2 heterocycles. The van der Waals surface area contributed by atoms with E-state index in [-0.39, 0.29) is 5.92 Å². The molecule has 1 fully saturated rings. The first-order chi connectivity index (χ1) is 11.4. The summed E-state index contributed by atoms with van der Waals surface area (Å²) in [6.45, 7) is 2.72. The highest BCUT2D eigenvalue weighted by molar-refractivity contribution is 7.89. The molecule has 3 rings (SSSR count). The van der Waals surface area contributed by atoms with Crippen LogP contribution in [0.5, 0.6) is 0 Å². The van der Waals surface area contributed by atoms with Gasteiger partial charge >= 0.3 is 0 Å². The molecule has 0 unspecified atom stereocenters. The zero-order valence-corrected chi connectivity index (χ0v) is 14.8. The summed E-state index contributed by atoms with van der Waals surface area (Å²) in [6.07, 6.45) is 4.18. The van der Waals surface area contributed by atoms with Gasteiger partial charge < -0.3 is 9.67 Å². The van der Waals surface area contributed by atoms with Crippen molar-refractivity contribution in [2.24, 2.45) is 13.0 Å². The lowest BCUT2D eigenvalue weighted by Crippen LogP contribution is -2.41. The summed E-state index contributed by atoms with van der Waals surface area (Å²) >= 11 is 0. The highest BCUT2D eigenvalue weighted by atomic mass is 32.2. The van der Waals surface area contributed by atoms with Crippen LogP contribution in [0.3, 0.4) is 0 Å². The van der Waals surface area contributed by atoms with Gasteiger partial charge in [0.15, 0.2) is 0 Å². The molecular formula is C17H23N3O3S. The quantitative estimate of drug-likeness (QED) is 0.914. The van der Waals surface area contributed by atoms with Crippen molar-refractivity contribution in [2.45, 2.75) is 30.8 Å². The molecule has 0 bridgehead atoms. The van der Waals surface area contributed by atoms with Crippen molar-refractivity contribution in [3.63, 3.8) is 0 Å². The van der Waals surface area contributed by atoms with E-state index in [0.717, 1.165) is 18.4 Å². The first-order valence-electron chi connectivity index (χ1n) is 8.11. The van der Waals surface area contributed by atoms with Crippen LogP contribution in [0.2, 0.25) is 0 Å². The standard InChI is InChI=1S/C17H23N3O3S/c1-13-5-7-15(8-6-13)24(22,23)20-10-3-4-14(12-20)16(21)17-18-9-11-19(17)2/h5-9,11,14,16,21H,3-4,10,12H2,1-2H3/t14-,16+/m1/s1. The molecule has 1 aromatic carbocycles. The smallest absolute Gasteiger partial charge is 0.243 e. The van der Waals surface area contributed by atoms with E-state index in [9.17, 15) is 13.5 Å². The van der Waals surface area contributed by atoms with Gasteiger partial charge in [-0.1, -0.05) is 17.7 Å². The minimum Gasteiger partial charge on any atom is -0.385 e. The van der Waals surface area contributed by atoms with Crippen LogP contribution < -0.4 is 0 Å². The summed E-state index contributed by atoms with van der Waals surface area (Å²) in [5.41, 5.74) is 1.02. The Morgan fingerprint density at radius 3 is 2.62 bits per heavy atom. The Hall–Kier alpha value is -1.70. The SMILES string of the molecule is Cc1ccc(S(=O)(=O)N2CCC[C@@H]([C@H](O)c3nccn3C)C2)cc1. The average Bonchev–Trinajstić information content (AvgIpc) is 3.01. The number of sulfonamides is 1. The van der Waals surface area contributed by atoms with Crippen LogP contribution in [-0.4, -0.2) is 40.5 Å². The Balaban J connectivity index is 1.80. The van der Waals surface area contributed by atoms with Gasteiger partial charge in [-0.2, -0.15) is 4.31 Å². The number of aliphatic hydroxyl groups excluding tert-OH is 1. The first kappa shape index (κ1) is 17.1. The molecule has 0 saturated carbocycles. The van der Waals surface area contributed by atoms with Crippen molar-refractivity contribution < 1.29 is 13.5 Å². The van der Waals surface area contributed by atoms with E-state index in [4.69, 9.17) is 0 Å². The molecule has 1 aromatic heterocycles. The van der Waals surface area contributed by atoms with E-state index in [0.29, 0.717) is 23.8 Å². The first-order valence-corrected chi connectivity index (χ1v) is 9.55. The topological polar surface area (TPSA) is 75.4 Å². The van der Waals surface area contributed by atoms with Crippen molar-refractivity contribution in [3.05, 3.63) is 48.0 Å². The van der Waals surface area contributed by atoms with Crippen molar-refractivity contribution in [3.8, 4) is 0 Å². The van der Waals surface area contributed by atoms with Crippen molar-refractivity contribution in [1.82, 2.24) is 13.9 Å². The average molecular weight is 349 g/mol. The van der Waals surface area contributed by atoms with Crippen LogP contribution in [0.4, 0.5) is 0 Å². The Kier molecular flexibility index (Phi) is 4.76. The van der Waals surface area contributed by atoms with Gasteiger partial charge in [0, 0.05) is 38.4 Å². The van der Waals surface area contributed by atoms with E-state index in [1.807, 2.05) is 14.0 Å². The largest absolute Gasteiger partial charge is 0.385 e. The fourth-order valence-corrected chi connectivity index (χ4v) is 4.72. The summed E-state index contributed by atoms with van der Waals surface area (Å²) < 4.78 is 28.9. The molecule has 7 heteroatoms. The molecule has 0 spiro atoms.